The maximum atomic E-state index is 12.6. The van der Waals surface area contributed by atoms with Crippen LogP contribution in [0.15, 0.2) is 54.6 Å². The Morgan fingerprint density at radius 2 is 1.37 bits per heavy atom. The fourth-order valence-corrected chi connectivity index (χ4v) is 2.68. The monoisotopic (exact) mass is 367 g/mol. The highest BCUT2D eigenvalue weighted by Gasteiger charge is 2.24. The van der Waals surface area contributed by atoms with Crippen molar-refractivity contribution in [2.45, 2.75) is 40.2 Å². The van der Waals surface area contributed by atoms with Crippen molar-refractivity contribution >= 4 is 28.9 Å². The first-order valence-corrected chi connectivity index (χ1v) is 9.37. The number of carbonyl (C=O) groups is 2. The third kappa shape index (κ3) is 6.77. The smallest absolute Gasteiger partial charge is 0.247 e. The topological polar surface area (TPSA) is 70.2 Å². The molecule has 5 heteroatoms. The number of hydrogen-bond acceptors (Lipinski definition) is 3. The van der Waals surface area contributed by atoms with Crippen molar-refractivity contribution in [1.82, 2.24) is 5.32 Å². The quantitative estimate of drug-likeness (QED) is 0.641. The minimum absolute atomic E-state index is 0.000123. The van der Waals surface area contributed by atoms with Gasteiger partial charge in [-0.3, -0.25) is 9.59 Å². The molecule has 2 aromatic rings. The fourth-order valence-electron chi connectivity index (χ4n) is 2.68. The number of para-hydroxylation sites is 1. The average molecular weight is 367 g/mol. The van der Waals surface area contributed by atoms with Crippen molar-refractivity contribution in [2.75, 3.05) is 10.6 Å². The third-order valence-electron chi connectivity index (χ3n) is 4.07. The molecule has 0 bridgehead atoms. The summed E-state index contributed by atoms with van der Waals surface area (Å²) in [5, 5.41) is 9.04. The fraction of sp³-hybridized carbons (Fsp3) is 0.364. The largest absolute Gasteiger partial charge is 0.356 e. The summed E-state index contributed by atoms with van der Waals surface area (Å²) < 4.78 is 0. The Morgan fingerprint density at radius 3 is 1.93 bits per heavy atom. The first kappa shape index (κ1) is 20.5. The molecule has 0 saturated heterocycles. The van der Waals surface area contributed by atoms with E-state index in [0.29, 0.717) is 12.1 Å². The summed E-state index contributed by atoms with van der Waals surface area (Å²) in [5.41, 5.74) is 2.63. The molecule has 2 amide bonds. The molecule has 1 unspecified atom stereocenters. The number of carbonyl (C=O) groups excluding carboxylic acids is 2. The van der Waals surface area contributed by atoms with E-state index >= 15 is 0 Å². The van der Waals surface area contributed by atoms with Crippen molar-refractivity contribution in [3.63, 3.8) is 0 Å². The Labute approximate surface area is 161 Å². The zero-order valence-corrected chi connectivity index (χ0v) is 16.5. The van der Waals surface area contributed by atoms with Gasteiger partial charge in [-0.25, -0.2) is 0 Å². The highest BCUT2D eigenvalue weighted by molar-refractivity contribution is 5.97. The van der Waals surface area contributed by atoms with Gasteiger partial charge in [-0.1, -0.05) is 45.9 Å². The van der Waals surface area contributed by atoms with Crippen molar-refractivity contribution < 1.29 is 9.59 Å². The number of anilines is 3. The van der Waals surface area contributed by atoms with E-state index in [1.165, 1.54) is 0 Å². The van der Waals surface area contributed by atoms with Crippen LogP contribution in [-0.4, -0.2) is 17.9 Å². The lowest BCUT2D eigenvalue weighted by Gasteiger charge is -2.22. The first-order chi connectivity index (χ1) is 12.8. The Hall–Kier alpha value is -2.82. The van der Waals surface area contributed by atoms with Gasteiger partial charge in [0.1, 0.15) is 6.04 Å². The van der Waals surface area contributed by atoms with E-state index in [4.69, 9.17) is 0 Å². The molecule has 1 atom stereocenters. The summed E-state index contributed by atoms with van der Waals surface area (Å²) in [4.78, 5) is 24.7. The molecule has 3 N–H and O–H groups in total. The van der Waals surface area contributed by atoms with Gasteiger partial charge >= 0.3 is 0 Å². The number of hydrogen-bond donors (Lipinski definition) is 3. The van der Waals surface area contributed by atoms with Gasteiger partial charge in [0.25, 0.3) is 0 Å². The molecular weight excluding hydrogens is 338 g/mol. The standard InChI is InChI=1S/C22H29N3O2/c1-15(2)14-20(26)25-21(16(3)4)22(27)24-19-12-10-18(11-13-19)23-17-8-6-5-7-9-17/h5-13,15-16,21,23H,14H2,1-4H3,(H,24,27)(H,25,26). The summed E-state index contributed by atoms with van der Waals surface area (Å²) >= 11 is 0. The van der Waals surface area contributed by atoms with Gasteiger partial charge in [-0.2, -0.15) is 0 Å². The van der Waals surface area contributed by atoms with E-state index in [1.54, 1.807) is 0 Å². The lowest BCUT2D eigenvalue weighted by atomic mass is 10.0. The zero-order chi connectivity index (χ0) is 19.8. The zero-order valence-electron chi connectivity index (χ0n) is 16.5. The minimum Gasteiger partial charge on any atom is -0.356 e. The lowest BCUT2D eigenvalue weighted by Crippen LogP contribution is -2.47. The summed E-state index contributed by atoms with van der Waals surface area (Å²) in [6.45, 7) is 7.81. The van der Waals surface area contributed by atoms with Crippen LogP contribution in [-0.2, 0) is 9.59 Å². The van der Waals surface area contributed by atoms with Crippen LogP contribution >= 0.6 is 0 Å². The van der Waals surface area contributed by atoms with E-state index in [0.717, 1.165) is 11.4 Å². The van der Waals surface area contributed by atoms with E-state index in [1.807, 2.05) is 82.3 Å². The Balaban J connectivity index is 1.97. The predicted molar refractivity (Wildman–Crippen MR) is 111 cm³/mol. The van der Waals surface area contributed by atoms with Crippen molar-refractivity contribution in [3.05, 3.63) is 54.6 Å². The summed E-state index contributed by atoms with van der Waals surface area (Å²) in [6, 6.07) is 16.8. The van der Waals surface area contributed by atoms with Gasteiger partial charge in [0.15, 0.2) is 0 Å². The van der Waals surface area contributed by atoms with Crippen LogP contribution in [0.1, 0.15) is 34.1 Å². The predicted octanol–water partition coefficient (Wildman–Crippen LogP) is 4.56. The Kier molecular flexibility index (Phi) is 7.41. The van der Waals surface area contributed by atoms with Crippen LogP contribution in [0.25, 0.3) is 0 Å². The van der Waals surface area contributed by atoms with E-state index in [-0.39, 0.29) is 23.7 Å². The van der Waals surface area contributed by atoms with Gasteiger partial charge in [-0.15, -0.1) is 0 Å². The molecular formula is C22H29N3O2. The average Bonchev–Trinajstić information content (AvgIpc) is 2.61. The molecule has 0 aliphatic carbocycles. The molecule has 2 rings (SSSR count). The second-order valence-corrected chi connectivity index (χ2v) is 7.44. The SMILES string of the molecule is CC(C)CC(=O)NC(C(=O)Nc1ccc(Nc2ccccc2)cc1)C(C)C. The van der Waals surface area contributed by atoms with Crippen LogP contribution < -0.4 is 16.0 Å². The molecule has 27 heavy (non-hydrogen) atoms. The second kappa shape index (κ2) is 9.76. The number of rotatable bonds is 8. The molecule has 0 saturated carbocycles. The highest BCUT2D eigenvalue weighted by atomic mass is 16.2. The van der Waals surface area contributed by atoms with Gasteiger partial charge in [0.05, 0.1) is 0 Å². The van der Waals surface area contributed by atoms with Crippen LogP contribution in [0.4, 0.5) is 17.1 Å². The number of nitrogens with one attached hydrogen (secondary N) is 3. The molecule has 0 aromatic heterocycles. The van der Waals surface area contributed by atoms with Crippen molar-refractivity contribution in [3.8, 4) is 0 Å². The minimum atomic E-state index is -0.557. The van der Waals surface area contributed by atoms with E-state index < -0.39 is 6.04 Å². The van der Waals surface area contributed by atoms with Gasteiger partial charge < -0.3 is 16.0 Å². The van der Waals surface area contributed by atoms with Gasteiger partial charge in [-0.05, 0) is 48.2 Å². The summed E-state index contributed by atoms with van der Waals surface area (Å²) in [5.74, 6) is -0.0437. The molecule has 0 spiro atoms. The number of amides is 2. The molecule has 144 valence electrons. The van der Waals surface area contributed by atoms with Crippen LogP contribution in [0, 0.1) is 11.8 Å². The molecule has 0 heterocycles. The maximum absolute atomic E-state index is 12.6. The molecule has 0 radical (unpaired) electrons. The van der Waals surface area contributed by atoms with Crippen molar-refractivity contribution in [1.29, 1.82) is 0 Å². The summed E-state index contributed by atoms with van der Waals surface area (Å²) in [7, 11) is 0. The van der Waals surface area contributed by atoms with Crippen LogP contribution in [0.5, 0.6) is 0 Å². The summed E-state index contributed by atoms with van der Waals surface area (Å²) in [6.07, 6.45) is 0.413. The molecule has 0 aliphatic rings. The lowest BCUT2D eigenvalue weighted by molar-refractivity contribution is -0.127. The Bertz CT molecular complexity index is 740. The molecule has 0 aliphatic heterocycles. The first-order valence-electron chi connectivity index (χ1n) is 9.37. The Morgan fingerprint density at radius 1 is 0.815 bits per heavy atom. The highest BCUT2D eigenvalue weighted by Crippen LogP contribution is 2.19. The molecule has 0 fully saturated rings. The second-order valence-electron chi connectivity index (χ2n) is 7.44. The normalized spacial score (nSPS) is 11.9. The molecule has 2 aromatic carbocycles. The van der Waals surface area contributed by atoms with Crippen molar-refractivity contribution in [2.24, 2.45) is 11.8 Å². The van der Waals surface area contributed by atoms with Crippen LogP contribution in [0.3, 0.4) is 0 Å². The third-order valence-corrected chi connectivity index (χ3v) is 4.07. The molecule has 5 nitrogen and oxygen atoms in total. The van der Waals surface area contributed by atoms with E-state index in [9.17, 15) is 9.59 Å². The van der Waals surface area contributed by atoms with Gasteiger partial charge in [0, 0.05) is 23.5 Å². The maximum Gasteiger partial charge on any atom is 0.247 e. The number of benzene rings is 2. The van der Waals surface area contributed by atoms with E-state index in [2.05, 4.69) is 16.0 Å². The van der Waals surface area contributed by atoms with Gasteiger partial charge in [0.2, 0.25) is 11.8 Å². The van der Waals surface area contributed by atoms with Crippen LogP contribution in [0.2, 0.25) is 0 Å².